The van der Waals surface area contributed by atoms with E-state index in [1.54, 1.807) is 17.3 Å². The first-order valence-corrected chi connectivity index (χ1v) is 6.52. The van der Waals surface area contributed by atoms with Gasteiger partial charge >= 0.3 is 0 Å². The molecule has 1 fully saturated rings. The van der Waals surface area contributed by atoms with E-state index in [1.807, 2.05) is 26.1 Å². The molecule has 0 saturated carbocycles. The Morgan fingerprint density at radius 2 is 2.26 bits per heavy atom. The molecule has 0 aromatic carbocycles. The summed E-state index contributed by atoms with van der Waals surface area (Å²) in [6, 6.07) is 3.71. The van der Waals surface area contributed by atoms with Crippen molar-refractivity contribution >= 4 is 5.91 Å². The maximum absolute atomic E-state index is 12.5. The van der Waals surface area contributed by atoms with Crippen molar-refractivity contribution in [3.63, 3.8) is 0 Å². The van der Waals surface area contributed by atoms with Crippen LogP contribution in [-0.2, 0) is 16.0 Å². The second-order valence-electron chi connectivity index (χ2n) is 5.37. The first-order chi connectivity index (χ1) is 9.04. The number of pyridine rings is 1. The van der Waals surface area contributed by atoms with Gasteiger partial charge in [0.1, 0.15) is 0 Å². The van der Waals surface area contributed by atoms with Crippen LogP contribution in [0.15, 0.2) is 24.5 Å². The number of nitrogens with zero attached hydrogens (tertiary/aromatic N) is 2. The van der Waals surface area contributed by atoms with Gasteiger partial charge in [-0.1, -0.05) is 0 Å². The number of carbonyl (C=O) groups excluding carboxylic acids is 1. The number of aromatic nitrogens is 1. The molecule has 1 aliphatic rings. The van der Waals surface area contributed by atoms with E-state index in [-0.39, 0.29) is 11.9 Å². The Morgan fingerprint density at radius 1 is 1.58 bits per heavy atom. The van der Waals surface area contributed by atoms with Gasteiger partial charge in [0.2, 0.25) is 5.91 Å². The van der Waals surface area contributed by atoms with Crippen LogP contribution in [-0.4, -0.2) is 48.6 Å². The van der Waals surface area contributed by atoms with Crippen molar-refractivity contribution < 1.29 is 9.53 Å². The molecule has 1 aromatic rings. The zero-order valence-corrected chi connectivity index (χ0v) is 11.5. The highest BCUT2D eigenvalue weighted by molar-refractivity contribution is 5.83. The summed E-state index contributed by atoms with van der Waals surface area (Å²) in [5.74, 6) is 0.0616. The fraction of sp³-hybridized carbons (Fsp3) is 0.571. The molecule has 104 valence electrons. The number of hydrogen-bond donors (Lipinski definition) is 1. The van der Waals surface area contributed by atoms with Crippen molar-refractivity contribution in [3.8, 4) is 0 Å². The van der Waals surface area contributed by atoms with Crippen LogP contribution >= 0.6 is 0 Å². The van der Waals surface area contributed by atoms with Crippen LogP contribution in [0.2, 0.25) is 0 Å². The van der Waals surface area contributed by atoms with Gasteiger partial charge in [-0.3, -0.25) is 9.78 Å². The molecule has 19 heavy (non-hydrogen) atoms. The highest BCUT2D eigenvalue weighted by atomic mass is 16.5. The summed E-state index contributed by atoms with van der Waals surface area (Å²) in [6.07, 6.45) is 4.34. The number of hydrogen-bond acceptors (Lipinski definition) is 4. The SMILES string of the molecule is CN(CCc1ccncc1)C(=O)C1(C)COCC1N. The molecule has 2 unspecified atom stereocenters. The average Bonchev–Trinajstić information content (AvgIpc) is 2.77. The van der Waals surface area contributed by atoms with E-state index in [2.05, 4.69) is 4.98 Å². The summed E-state index contributed by atoms with van der Waals surface area (Å²) in [6.45, 7) is 3.42. The van der Waals surface area contributed by atoms with Gasteiger partial charge in [-0.15, -0.1) is 0 Å². The minimum absolute atomic E-state index is 0.0616. The van der Waals surface area contributed by atoms with E-state index in [0.717, 1.165) is 6.42 Å². The van der Waals surface area contributed by atoms with Gasteiger partial charge in [-0.05, 0) is 31.0 Å². The largest absolute Gasteiger partial charge is 0.379 e. The number of rotatable bonds is 4. The molecular formula is C14H21N3O2. The van der Waals surface area contributed by atoms with Crippen LogP contribution in [0.5, 0.6) is 0 Å². The molecule has 2 atom stereocenters. The van der Waals surface area contributed by atoms with E-state index in [1.165, 1.54) is 5.56 Å². The Hall–Kier alpha value is -1.46. The summed E-state index contributed by atoms with van der Waals surface area (Å²) in [7, 11) is 1.82. The Kier molecular flexibility index (Phi) is 4.17. The maximum Gasteiger partial charge on any atom is 0.232 e. The Balaban J connectivity index is 1.93. The summed E-state index contributed by atoms with van der Waals surface area (Å²) in [5.41, 5.74) is 6.56. The number of ether oxygens (including phenoxy) is 1. The fourth-order valence-corrected chi connectivity index (χ4v) is 2.29. The smallest absolute Gasteiger partial charge is 0.232 e. The van der Waals surface area contributed by atoms with Gasteiger partial charge in [0.25, 0.3) is 0 Å². The molecule has 0 bridgehead atoms. The molecule has 5 nitrogen and oxygen atoms in total. The van der Waals surface area contributed by atoms with Crippen molar-refractivity contribution in [1.29, 1.82) is 0 Å². The second-order valence-corrected chi connectivity index (χ2v) is 5.37. The number of likely N-dealkylation sites (N-methyl/N-ethyl adjacent to an activating group) is 1. The number of carbonyl (C=O) groups is 1. The quantitative estimate of drug-likeness (QED) is 0.856. The molecule has 0 aliphatic carbocycles. The lowest BCUT2D eigenvalue weighted by molar-refractivity contribution is -0.140. The third-order valence-corrected chi connectivity index (χ3v) is 3.84. The van der Waals surface area contributed by atoms with E-state index in [0.29, 0.717) is 19.8 Å². The molecular weight excluding hydrogens is 242 g/mol. The molecule has 1 aliphatic heterocycles. The lowest BCUT2D eigenvalue weighted by Crippen LogP contribution is -2.50. The molecule has 2 rings (SSSR count). The predicted octanol–water partition coefficient (Wildman–Crippen LogP) is 0.446. The van der Waals surface area contributed by atoms with E-state index in [4.69, 9.17) is 10.5 Å². The molecule has 1 saturated heterocycles. The van der Waals surface area contributed by atoms with Crippen molar-refractivity contribution in [2.75, 3.05) is 26.8 Å². The molecule has 1 aromatic heterocycles. The van der Waals surface area contributed by atoms with Crippen LogP contribution < -0.4 is 5.73 Å². The van der Waals surface area contributed by atoms with Crippen LogP contribution in [0, 0.1) is 5.41 Å². The van der Waals surface area contributed by atoms with Crippen LogP contribution in [0.4, 0.5) is 0 Å². The van der Waals surface area contributed by atoms with Gasteiger partial charge in [0.15, 0.2) is 0 Å². The van der Waals surface area contributed by atoms with Gasteiger partial charge < -0.3 is 15.4 Å². The molecule has 1 amide bonds. The van der Waals surface area contributed by atoms with E-state index >= 15 is 0 Å². The Bertz CT molecular complexity index is 438. The zero-order valence-electron chi connectivity index (χ0n) is 11.5. The molecule has 0 radical (unpaired) electrons. The standard InChI is InChI=1S/C14H21N3O2/c1-14(10-19-9-12(14)15)13(18)17(2)8-5-11-3-6-16-7-4-11/h3-4,6-7,12H,5,8-10,15H2,1-2H3. The first-order valence-electron chi connectivity index (χ1n) is 6.52. The lowest BCUT2D eigenvalue weighted by atomic mass is 9.84. The third-order valence-electron chi connectivity index (χ3n) is 3.84. The fourth-order valence-electron chi connectivity index (χ4n) is 2.29. The summed E-state index contributed by atoms with van der Waals surface area (Å²) < 4.78 is 5.33. The van der Waals surface area contributed by atoms with Crippen LogP contribution in [0.1, 0.15) is 12.5 Å². The summed E-state index contributed by atoms with van der Waals surface area (Å²) in [4.78, 5) is 18.2. The zero-order chi connectivity index (χ0) is 13.9. The van der Waals surface area contributed by atoms with Crippen molar-refractivity contribution in [2.24, 2.45) is 11.1 Å². The molecule has 0 spiro atoms. The third kappa shape index (κ3) is 2.93. The molecule has 5 heteroatoms. The monoisotopic (exact) mass is 263 g/mol. The van der Waals surface area contributed by atoms with Crippen molar-refractivity contribution in [2.45, 2.75) is 19.4 Å². The predicted molar refractivity (Wildman–Crippen MR) is 72.5 cm³/mol. The summed E-state index contributed by atoms with van der Waals surface area (Å²) in [5, 5.41) is 0. The normalized spacial score (nSPS) is 26.4. The minimum Gasteiger partial charge on any atom is -0.379 e. The highest BCUT2D eigenvalue weighted by Crippen LogP contribution is 2.29. The lowest BCUT2D eigenvalue weighted by Gasteiger charge is -2.30. The minimum atomic E-state index is -0.590. The Morgan fingerprint density at radius 3 is 2.84 bits per heavy atom. The topological polar surface area (TPSA) is 68.5 Å². The number of nitrogens with two attached hydrogens (primary N) is 1. The van der Waals surface area contributed by atoms with Gasteiger partial charge in [-0.25, -0.2) is 0 Å². The van der Waals surface area contributed by atoms with Crippen molar-refractivity contribution in [1.82, 2.24) is 9.88 Å². The first kappa shape index (κ1) is 14.0. The summed E-state index contributed by atoms with van der Waals surface area (Å²) >= 11 is 0. The molecule has 2 heterocycles. The van der Waals surface area contributed by atoms with E-state index in [9.17, 15) is 4.79 Å². The van der Waals surface area contributed by atoms with E-state index < -0.39 is 5.41 Å². The van der Waals surface area contributed by atoms with Crippen LogP contribution in [0.3, 0.4) is 0 Å². The second kappa shape index (κ2) is 5.67. The molecule has 2 N–H and O–H groups in total. The van der Waals surface area contributed by atoms with Crippen molar-refractivity contribution in [3.05, 3.63) is 30.1 Å². The Labute approximate surface area is 113 Å². The van der Waals surface area contributed by atoms with Gasteiger partial charge in [0.05, 0.1) is 18.6 Å². The van der Waals surface area contributed by atoms with Gasteiger partial charge in [0, 0.05) is 32.0 Å². The number of amides is 1. The maximum atomic E-state index is 12.5. The van der Waals surface area contributed by atoms with Gasteiger partial charge in [-0.2, -0.15) is 0 Å². The van der Waals surface area contributed by atoms with Crippen LogP contribution in [0.25, 0.3) is 0 Å². The average molecular weight is 263 g/mol. The highest BCUT2D eigenvalue weighted by Gasteiger charge is 2.45.